The number of carbonyl (C=O) groups excluding carboxylic acids is 1. The molecule has 1 aromatic heterocycles. The molecule has 9 heteroatoms. The second-order valence-corrected chi connectivity index (χ2v) is 10.2. The van der Waals surface area contributed by atoms with Crippen LogP contribution in [0.1, 0.15) is 26.3 Å². The average Bonchev–Trinajstić information content (AvgIpc) is 3.21. The molecular formula is C22H26N4O3S2. The van der Waals surface area contributed by atoms with E-state index >= 15 is 0 Å². The molecule has 0 fully saturated rings. The summed E-state index contributed by atoms with van der Waals surface area (Å²) in [6.07, 6.45) is 1.27. The average molecular weight is 459 g/mol. The number of nitrogens with one attached hydrogen (secondary N) is 2. The third kappa shape index (κ3) is 6.20. The molecule has 1 amide bonds. The van der Waals surface area contributed by atoms with Crippen LogP contribution in [0.15, 0.2) is 53.6 Å². The van der Waals surface area contributed by atoms with E-state index in [0.717, 1.165) is 26.6 Å². The highest BCUT2D eigenvalue weighted by Gasteiger charge is 2.25. The summed E-state index contributed by atoms with van der Waals surface area (Å²) >= 11 is 0.0571. The Morgan fingerprint density at radius 2 is 1.94 bits per heavy atom. The van der Waals surface area contributed by atoms with Crippen molar-refractivity contribution in [3.8, 4) is 21.0 Å². The first-order valence-electron chi connectivity index (χ1n) is 9.63. The van der Waals surface area contributed by atoms with Crippen molar-refractivity contribution in [3.63, 3.8) is 0 Å². The number of amides is 1. The first-order valence-corrected chi connectivity index (χ1v) is 11.6. The number of carbonyl (C=O) groups is 1. The number of alkyl carbamates (subject to hydrolysis) is 1. The highest BCUT2D eigenvalue weighted by atomic mass is 32.2. The molecule has 7 nitrogen and oxygen atoms in total. The van der Waals surface area contributed by atoms with Crippen LogP contribution >= 0.6 is 11.3 Å². The first-order chi connectivity index (χ1) is 14.7. The molecule has 0 radical (unpaired) electrons. The van der Waals surface area contributed by atoms with Gasteiger partial charge in [0.25, 0.3) is 0 Å². The SMILES string of the molecule is COC(=O)NCc1ccc(-c2cnc(-c3ccc(N)cc3)s2)c([S+]([O-])NC(C)(C)C)c1. The summed E-state index contributed by atoms with van der Waals surface area (Å²) in [6, 6.07) is 13.2. The molecule has 3 aromatic rings. The van der Waals surface area contributed by atoms with Gasteiger partial charge >= 0.3 is 6.09 Å². The fraction of sp³-hybridized carbons (Fsp3) is 0.273. The van der Waals surface area contributed by atoms with Crippen LogP contribution in [0.5, 0.6) is 0 Å². The molecule has 0 aliphatic rings. The fourth-order valence-corrected chi connectivity index (χ4v) is 5.10. The van der Waals surface area contributed by atoms with E-state index in [1.807, 2.05) is 63.2 Å². The van der Waals surface area contributed by atoms with Crippen molar-refractivity contribution in [2.75, 3.05) is 12.8 Å². The molecule has 4 N–H and O–H groups in total. The van der Waals surface area contributed by atoms with E-state index in [4.69, 9.17) is 5.73 Å². The van der Waals surface area contributed by atoms with Gasteiger partial charge in [-0.3, -0.25) is 0 Å². The Kier molecular flexibility index (Phi) is 7.22. The lowest BCUT2D eigenvalue weighted by Gasteiger charge is -2.23. The Balaban J connectivity index is 1.96. The predicted molar refractivity (Wildman–Crippen MR) is 126 cm³/mol. The number of hydrogen-bond acceptors (Lipinski definition) is 7. The minimum atomic E-state index is -1.46. The van der Waals surface area contributed by atoms with Crippen molar-refractivity contribution in [3.05, 3.63) is 54.2 Å². The number of methoxy groups -OCH3 is 1. The molecule has 164 valence electrons. The van der Waals surface area contributed by atoms with Crippen LogP contribution in [0.25, 0.3) is 21.0 Å². The van der Waals surface area contributed by atoms with Gasteiger partial charge in [-0.15, -0.1) is 16.1 Å². The number of ether oxygens (including phenoxy) is 1. The standard InChI is InChI=1S/C22H26N4O3S2/c1-22(2,3)26-31(28)19-11-14(12-25-21(27)29-4)5-10-17(19)18-13-24-20(30-18)15-6-8-16(23)9-7-15/h5-11,13,26H,12,23H2,1-4H3,(H,25,27). The number of thiazole rings is 1. The Labute approximate surface area is 189 Å². The highest BCUT2D eigenvalue weighted by Crippen LogP contribution is 2.36. The topological polar surface area (TPSA) is 112 Å². The molecule has 3 rings (SSSR count). The maximum atomic E-state index is 13.2. The summed E-state index contributed by atoms with van der Waals surface area (Å²) < 4.78 is 20.9. The van der Waals surface area contributed by atoms with Gasteiger partial charge in [0, 0.05) is 30.1 Å². The monoisotopic (exact) mass is 458 g/mol. The van der Waals surface area contributed by atoms with Gasteiger partial charge in [-0.05, 0) is 56.7 Å². The third-order valence-electron chi connectivity index (χ3n) is 4.20. The van der Waals surface area contributed by atoms with Crippen LogP contribution in [0.4, 0.5) is 10.5 Å². The molecule has 2 aromatic carbocycles. The van der Waals surface area contributed by atoms with Gasteiger partial charge in [-0.1, -0.05) is 6.07 Å². The van der Waals surface area contributed by atoms with E-state index in [2.05, 4.69) is 19.8 Å². The van der Waals surface area contributed by atoms with Gasteiger partial charge in [-0.2, -0.15) is 0 Å². The lowest BCUT2D eigenvalue weighted by atomic mass is 10.1. The predicted octanol–water partition coefficient (Wildman–Crippen LogP) is 4.33. The quantitative estimate of drug-likeness (QED) is 0.374. The molecule has 1 heterocycles. The van der Waals surface area contributed by atoms with Crippen molar-refractivity contribution in [2.45, 2.75) is 37.8 Å². The molecule has 31 heavy (non-hydrogen) atoms. The number of nitrogen functional groups attached to an aromatic ring is 1. The molecule has 0 saturated heterocycles. The summed E-state index contributed by atoms with van der Waals surface area (Å²) in [7, 11) is 1.31. The van der Waals surface area contributed by atoms with Gasteiger partial charge in [0.15, 0.2) is 4.90 Å². The summed E-state index contributed by atoms with van der Waals surface area (Å²) in [5, 5.41) is 3.51. The summed E-state index contributed by atoms with van der Waals surface area (Å²) in [5.41, 5.74) is 8.75. The van der Waals surface area contributed by atoms with Crippen LogP contribution in [-0.2, 0) is 22.6 Å². The van der Waals surface area contributed by atoms with Crippen molar-refractivity contribution in [1.82, 2.24) is 15.0 Å². The second kappa shape index (κ2) is 9.69. The van der Waals surface area contributed by atoms with E-state index in [-0.39, 0.29) is 12.1 Å². The van der Waals surface area contributed by atoms with Gasteiger partial charge in [0.1, 0.15) is 5.01 Å². The minimum Gasteiger partial charge on any atom is -0.593 e. The first kappa shape index (κ1) is 23.1. The summed E-state index contributed by atoms with van der Waals surface area (Å²) in [6.45, 7) is 6.14. The largest absolute Gasteiger partial charge is 0.593 e. The van der Waals surface area contributed by atoms with Crippen LogP contribution in [0.3, 0.4) is 0 Å². The maximum absolute atomic E-state index is 13.2. The summed E-state index contributed by atoms with van der Waals surface area (Å²) in [5.74, 6) is 0. The van der Waals surface area contributed by atoms with Crippen molar-refractivity contribution in [2.24, 2.45) is 0 Å². The molecule has 0 spiro atoms. The van der Waals surface area contributed by atoms with Crippen LogP contribution in [-0.4, -0.2) is 28.3 Å². The van der Waals surface area contributed by atoms with E-state index in [1.165, 1.54) is 18.4 Å². The third-order valence-corrected chi connectivity index (χ3v) is 6.81. The van der Waals surface area contributed by atoms with Crippen molar-refractivity contribution >= 4 is 34.5 Å². The molecule has 0 saturated carbocycles. The number of nitrogens with zero attached hydrogens (tertiary/aromatic N) is 1. The number of anilines is 1. The van der Waals surface area contributed by atoms with Crippen molar-refractivity contribution < 1.29 is 14.1 Å². The van der Waals surface area contributed by atoms with Crippen LogP contribution < -0.4 is 15.8 Å². The van der Waals surface area contributed by atoms with E-state index < -0.39 is 17.5 Å². The Hall–Kier alpha value is -2.59. The molecule has 0 aliphatic heterocycles. The normalized spacial score (nSPS) is 12.4. The highest BCUT2D eigenvalue weighted by molar-refractivity contribution is 7.89. The number of nitrogens with two attached hydrogens (primary N) is 1. The van der Waals surface area contributed by atoms with Gasteiger partial charge < -0.3 is 20.3 Å². The zero-order chi connectivity index (χ0) is 22.6. The molecule has 1 atom stereocenters. The molecular weight excluding hydrogens is 432 g/mol. The zero-order valence-corrected chi connectivity index (χ0v) is 19.5. The lowest BCUT2D eigenvalue weighted by Crippen LogP contribution is -2.40. The number of aromatic nitrogens is 1. The maximum Gasteiger partial charge on any atom is 0.407 e. The van der Waals surface area contributed by atoms with Gasteiger partial charge in [0.2, 0.25) is 0 Å². The molecule has 1 unspecified atom stereocenters. The van der Waals surface area contributed by atoms with E-state index in [1.54, 1.807) is 6.20 Å². The Bertz CT molecular complexity index is 1050. The lowest BCUT2D eigenvalue weighted by molar-refractivity contribution is 0.170. The zero-order valence-electron chi connectivity index (χ0n) is 17.9. The van der Waals surface area contributed by atoms with E-state index in [0.29, 0.717) is 10.6 Å². The Morgan fingerprint density at radius 3 is 2.58 bits per heavy atom. The van der Waals surface area contributed by atoms with Crippen molar-refractivity contribution in [1.29, 1.82) is 0 Å². The summed E-state index contributed by atoms with van der Waals surface area (Å²) in [4.78, 5) is 17.5. The Morgan fingerprint density at radius 1 is 1.23 bits per heavy atom. The second-order valence-electron chi connectivity index (χ2n) is 7.95. The smallest absolute Gasteiger partial charge is 0.407 e. The van der Waals surface area contributed by atoms with Crippen LogP contribution in [0.2, 0.25) is 0 Å². The number of benzene rings is 2. The number of rotatable bonds is 6. The molecule has 0 bridgehead atoms. The van der Waals surface area contributed by atoms with Crippen LogP contribution in [0, 0.1) is 0 Å². The van der Waals surface area contributed by atoms with Gasteiger partial charge in [-0.25, -0.2) is 9.78 Å². The molecule has 0 aliphatic carbocycles. The van der Waals surface area contributed by atoms with E-state index in [9.17, 15) is 9.35 Å². The minimum absolute atomic E-state index is 0.270. The number of hydrogen-bond donors (Lipinski definition) is 3. The van der Waals surface area contributed by atoms with Gasteiger partial charge in [0.05, 0.1) is 34.5 Å². The fourth-order valence-electron chi connectivity index (χ4n) is 2.77.